The Labute approximate surface area is 124 Å². The molecule has 3 heteroatoms. The van der Waals surface area contributed by atoms with Crippen LogP contribution in [0.1, 0.15) is 71.1 Å². The van der Waals surface area contributed by atoms with Crippen LogP contribution in [-0.4, -0.2) is 22.7 Å². The molecule has 0 bridgehead atoms. The molecular weight excluding hydrogens is 248 g/mol. The van der Waals surface area contributed by atoms with Crippen molar-refractivity contribution in [2.75, 3.05) is 11.4 Å². The summed E-state index contributed by atoms with van der Waals surface area (Å²) in [4.78, 5) is 7.20. The number of hydrogen-bond donors (Lipinski definition) is 1. The zero-order valence-electron chi connectivity index (χ0n) is 13.7. The van der Waals surface area contributed by atoms with E-state index in [1.807, 2.05) is 12.1 Å². The lowest BCUT2D eigenvalue weighted by molar-refractivity contribution is 0.281. The molecule has 0 aliphatic carbocycles. The van der Waals surface area contributed by atoms with Crippen LogP contribution in [0, 0.1) is 0 Å². The molecule has 0 aliphatic rings. The Morgan fingerprint density at radius 2 is 1.90 bits per heavy atom. The maximum atomic E-state index is 9.48. The molecule has 1 unspecified atom stereocenters. The van der Waals surface area contributed by atoms with Crippen LogP contribution in [-0.2, 0) is 6.61 Å². The van der Waals surface area contributed by atoms with Crippen LogP contribution in [0.4, 0.5) is 5.82 Å². The molecule has 0 saturated carbocycles. The molecule has 1 atom stereocenters. The van der Waals surface area contributed by atoms with Crippen LogP contribution in [0.25, 0.3) is 0 Å². The van der Waals surface area contributed by atoms with Gasteiger partial charge in [0.2, 0.25) is 0 Å². The average Bonchev–Trinajstić information content (AvgIpc) is 2.46. The maximum absolute atomic E-state index is 9.48. The van der Waals surface area contributed by atoms with Crippen LogP contribution >= 0.6 is 0 Å². The molecule has 1 rings (SSSR count). The minimum atomic E-state index is 0.0807. The second-order valence-electron chi connectivity index (χ2n) is 5.88. The third kappa shape index (κ3) is 4.48. The Morgan fingerprint density at radius 1 is 1.20 bits per heavy atom. The van der Waals surface area contributed by atoms with E-state index >= 15 is 0 Å². The van der Waals surface area contributed by atoms with Crippen molar-refractivity contribution >= 4 is 5.82 Å². The zero-order valence-corrected chi connectivity index (χ0v) is 13.7. The van der Waals surface area contributed by atoms with Gasteiger partial charge in [0.05, 0.1) is 6.61 Å². The molecule has 1 aromatic rings. The highest BCUT2D eigenvalue weighted by Crippen LogP contribution is 2.23. The predicted molar refractivity (Wildman–Crippen MR) is 86.3 cm³/mol. The van der Waals surface area contributed by atoms with Crippen LogP contribution < -0.4 is 4.90 Å². The van der Waals surface area contributed by atoms with E-state index in [2.05, 4.69) is 39.5 Å². The van der Waals surface area contributed by atoms with Crippen molar-refractivity contribution in [3.8, 4) is 0 Å². The smallest absolute Gasteiger partial charge is 0.129 e. The van der Waals surface area contributed by atoms with Crippen molar-refractivity contribution in [1.82, 2.24) is 4.98 Å². The summed E-state index contributed by atoms with van der Waals surface area (Å²) in [5.41, 5.74) is 2.03. The van der Waals surface area contributed by atoms with Gasteiger partial charge < -0.3 is 10.0 Å². The molecule has 20 heavy (non-hydrogen) atoms. The molecule has 0 spiro atoms. The van der Waals surface area contributed by atoms with E-state index in [1.165, 1.54) is 12.8 Å². The second-order valence-corrected chi connectivity index (χ2v) is 5.88. The molecule has 1 heterocycles. The zero-order chi connectivity index (χ0) is 15.1. The number of hydrogen-bond acceptors (Lipinski definition) is 3. The quantitative estimate of drug-likeness (QED) is 0.777. The predicted octanol–water partition coefficient (Wildman–Crippen LogP) is 4.10. The Kier molecular flexibility index (Phi) is 7.00. The maximum Gasteiger partial charge on any atom is 0.129 e. The molecular formula is C17H30N2O. The molecule has 0 fully saturated rings. The van der Waals surface area contributed by atoms with E-state index in [0.29, 0.717) is 12.0 Å². The van der Waals surface area contributed by atoms with Crippen molar-refractivity contribution in [1.29, 1.82) is 0 Å². The highest BCUT2D eigenvalue weighted by atomic mass is 16.3. The first-order valence-electron chi connectivity index (χ1n) is 7.91. The van der Waals surface area contributed by atoms with Gasteiger partial charge in [-0.2, -0.15) is 0 Å². The van der Waals surface area contributed by atoms with Gasteiger partial charge in [-0.3, -0.25) is 0 Å². The monoisotopic (exact) mass is 278 g/mol. The first kappa shape index (κ1) is 17.0. The van der Waals surface area contributed by atoms with Gasteiger partial charge in [0, 0.05) is 18.3 Å². The Hall–Kier alpha value is -1.09. The first-order valence-corrected chi connectivity index (χ1v) is 7.91. The first-order chi connectivity index (χ1) is 9.53. The summed E-state index contributed by atoms with van der Waals surface area (Å²) >= 11 is 0. The lowest BCUT2D eigenvalue weighted by Gasteiger charge is -2.30. The number of aromatic nitrogens is 1. The lowest BCUT2D eigenvalue weighted by Crippen LogP contribution is -2.34. The number of aliphatic hydroxyl groups excluding tert-OH is 1. The standard InChI is InChI=1S/C17H30N2O/c1-6-8-9-19(14(5)7-2)17-11-15(12-20)10-16(18-17)13(3)4/h10-11,13-14,20H,6-9,12H2,1-5H3. The summed E-state index contributed by atoms with van der Waals surface area (Å²) in [5, 5.41) is 9.48. The normalized spacial score (nSPS) is 12.8. The molecule has 114 valence electrons. The van der Waals surface area contributed by atoms with Crippen molar-refractivity contribution in [2.24, 2.45) is 0 Å². The third-order valence-electron chi connectivity index (χ3n) is 3.84. The number of unbranched alkanes of at least 4 members (excludes halogenated alkanes) is 1. The molecule has 0 aliphatic heterocycles. The van der Waals surface area contributed by atoms with Crippen LogP contribution in [0.15, 0.2) is 12.1 Å². The summed E-state index contributed by atoms with van der Waals surface area (Å²) in [6.45, 7) is 12.1. The topological polar surface area (TPSA) is 36.4 Å². The van der Waals surface area contributed by atoms with Gasteiger partial charge in [-0.1, -0.05) is 34.1 Å². The lowest BCUT2D eigenvalue weighted by atomic mass is 10.1. The van der Waals surface area contributed by atoms with Gasteiger partial charge in [0.1, 0.15) is 5.82 Å². The fourth-order valence-corrected chi connectivity index (χ4v) is 2.24. The van der Waals surface area contributed by atoms with E-state index in [9.17, 15) is 5.11 Å². The second kappa shape index (κ2) is 8.25. The number of pyridine rings is 1. The Bertz CT molecular complexity index is 404. The van der Waals surface area contributed by atoms with Crippen LogP contribution in [0.5, 0.6) is 0 Å². The highest BCUT2D eigenvalue weighted by Gasteiger charge is 2.16. The number of nitrogens with zero attached hydrogens (tertiary/aromatic N) is 2. The Balaban J connectivity index is 3.13. The van der Waals surface area contributed by atoms with E-state index in [-0.39, 0.29) is 6.61 Å². The largest absolute Gasteiger partial charge is 0.392 e. The van der Waals surface area contributed by atoms with Crippen molar-refractivity contribution in [2.45, 2.75) is 72.4 Å². The van der Waals surface area contributed by atoms with Gasteiger partial charge in [-0.15, -0.1) is 0 Å². The van der Waals surface area contributed by atoms with E-state index in [0.717, 1.165) is 30.0 Å². The summed E-state index contributed by atoms with van der Waals surface area (Å²) < 4.78 is 0. The van der Waals surface area contributed by atoms with E-state index < -0.39 is 0 Å². The molecule has 0 amide bonds. The summed E-state index contributed by atoms with van der Waals surface area (Å²) in [6, 6.07) is 4.53. The number of rotatable bonds is 8. The average molecular weight is 278 g/mol. The van der Waals surface area contributed by atoms with Gasteiger partial charge in [-0.25, -0.2) is 4.98 Å². The SMILES string of the molecule is CCCCN(c1cc(CO)cc(C(C)C)n1)C(C)CC. The van der Waals surface area contributed by atoms with Gasteiger partial charge in [0.25, 0.3) is 0 Å². The van der Waals surface area contributed by atoms with Gasteiger partial charge in [0.15, 0.2) is 0 Å². The molecule has 1 aromatic heterocycles. The fourth-order valence-electron chi connectivity index (χ4n) is 2.24. The summed E-state index contributed by atoms with van der Waals surface area (Å²) in [7, 11) is 0. The molecule has 0 radical (unpaired) electrons. The number of anilines is 1. The Morgan fingerprint density at radius 3 is 2.40 bits per heavy atom. The van der Waals surface area contributed by atoms with E-state index in [4.69, 9.17) is 4.98 Å². The molecule has 0 saturated heterocycles. The molecule has 1 N–H and O–H groups in total. The third-order valence-corrected chi connectivity index (χ3v) is 3.84. The van der Waals surface area contributed by atoms with E-state index in [1.54, 1.807) is 0 Å². The summed E-state index contributed by atoms with van der Waals surface area (Å²) in [5.74, 6) is 1.40. The van der Waals surface area contributed by atoms with Crippen molar-refractivity contribution in [3.63, 3.8) is 0 Å². The minimum Gasteiger partial charge on any atom is -0.392 e. The fraction of sp³-hybridized carbons (Fsp3) is 0.706. The van der Waals surface area contributed by atoms with Gasteiger partial charge in [-0.05, 0) is 43.4 Å². The highest BCUT2D eigenvalue weighted by molar-refractivity contribution is 5.44. The van der Waals surface area contributed by atoms with Crippen LogP contribution in [0.2, 0.25) is 0 Å². The van der Waals surface area contributed by atoms with Crippen molar-refractivity contribution < 1.29 is 5.11 Å². The molecule has 3 nitrogen and oxygen atoms in total. The number of aliphatic hydroxyl groups is 1. The van der Waals surface area contributed by atoms with Crippen molar-refractivity contribution in [3.05, 3.63) is 23.4 Å². The molecule has 0 aromatic carbocycles. The minimum absolute atomic E-state index is 0.0807. The van der Waals surface area contributed by atoms with Gasteiger partial charge >= 0.3 is 0 Å². The summed E-state index contributed by atoms with van der Waals surface area (Å²) in [6.07, 6.45) is 3.46. The van der Waals surface area contributed by atoms with Crippen LogP contribution in [0.3, 0.4) is 0 Å².